The van der Waals surface area contributed by atoms with Crippen molar-refractivity contribution in [3.63, 3.8) is 0 Å². The first-order valence-corrected chi connectivity index (χ1v) is 18.7. The second-order valence-corrected chi connectivity index (χ2v) is 15.0. The zero-order valence-electron chi connectivity index (χ0n) is 27.8. The molecule has 1 aromatic heterocycles. The third-order valence-electron chi connectivity index (χ3n) is 10.4. The maximum Gasteiger partial charge on any atom is 0.207 e. The predicted octanol–water partition coefficient (Wildman–Crippen LogP) is 10.0. The van der Waals surface area contributed by atoms with Crippen molar-refractivity contribution in [3.8, 4) is 56.4 Å². The Labute approximate surface area is 301 Å². The Morgan fingerprint density at radius 2 is 0.750 bits per heavy atom. The lowest BCUT2D eigenvalue weighted by molar-refractivity contribution is 0.579. The van der Waals surface area contributed by atoms with Crippen LogP contribution in [-0.2, 0) is 15.3 Å². The number of hydrogen-bond acceptors (Lipinski definition) is 5. The fourth-order valence-corrected chi connectivity index (χ4v) is 9.95. The number of aromatic nitrogens is 3. The molecule has 0 atom stereocenters. The molecule has 8 aromatic rings. The van der Waals surface area contributed by atoms with Gasteiger partial charge in [-0.3, -0.25) is 0 Å². The number of rotatable bonds is 3. The minimum Gasteiger partial charge on any atom is -0.218 e. The monoisotopic (exact) mass is 687 g/mol. The van der Waals surface area contributed by atoms with Crippen LogP contribution >= 0.6 is 0 Å². The van der Waals surface area contributed by atoms with E-state index in [1.165, 1.54) is 0 Å². The molecule has 52 heavy (non-hydrogen) atoms. The molecule has 10 rings (SSSR count). The summed E-state index contributed by atoms with van der Waals surface area (Å²) in [5.74, 6) is 1.68. The van der Waals surface area contributed by atoms with Gasteiger partial charge in [0.05, 0.1) is 15.2 Å². The molecule has 6 heteroatoms. The zero-order chi connectivity index (χ0) is 34.9. The average Bonchev–Trinajstić information content (AvgIpc) is 3.32. The first-order chi connectivity index (χ1) is 25.5. The lowest BCUT2D eigenvalue weighted by Crippen LogP contribution is -2.38. The molecule has 0 fully saturated rings. The molecule has 2 aliphatic rings. The summed E-state index contributed by atoms with van der Waals surface area (Å²) in [6, 6.07) is 58.1. The molecule has 0 saturated heterocycles. The summed E-state index contributed by atoms with van der Waals surface area (Å²) in [7, 11) is -3.83. The van der Waals surface area contributed by atoms with E-state index in [-0.39, 0.29) is 0 Å². The highest BCUT2D eigenvalue weighted by Gasteiger charge is 2.51. The second-order valence-electron chi connectivity index (χ2n) is 13.1. The smallest absolute Gasteiger partial charge is 0.207 e. The Hall–Kier alpha value is -6.50. The summed E-state index contributed by atoms with van der Waals surface area (Å²) in [5, 5.41) is 0. The predicted molar refractivity (Wildman–Crippen MR) is 204 cm³/mol. The summed E-state index contributed by atoms with van der Waals surface area (Å²) >= 11 is 0. The van der Waals surface area contributed by atoms with Crippen molar-refractivity contribution in [2.24, 2.45) is 0 Å². The molecular formula is C46H29N3O2S. The molecule has 0 N–H and O–H groups in total. The Morgan fingerprint density at radius 1 is 0.346 bits per heavy atom. The highest BCUT2D eigenvalue weighted by molar-refractivity contribution is 7.91. The van der Waals surface area contributed by atoms with Gasteiger partial charge in [-0.15, -0.1) is 0 Å². The topological polar surface area (TPSA) is 72.8 Å². The average molecular weight is 688 g/mol. The number of hydrogen-bond donors (Lipinski definition) is 0. The van der Waals surface area contributed by atoms with Gasteiger partial charge < -0.3 is 0 Å². The van der Waals surface area contributed by atoms with Gasteiger partial charge in [-0.1, -0.05) is 158 Å². The highest BCUT2D eigenvalue weighted by Crippen LogP contribution is 2.59. The van der Waals surface area contributed by atoms with Crippen molar-refractivity contribution < 1.29 is 8.42 Å². The van der Waals surface area contributed by atoms with Crippen LogP contribution in [0.5, 0.6) is 0 Å². The van der Waals surface area contributed by atoms with E-state index in [2.05, 4.69) is 66.7 Å². The van der Waals surface area contributed by atoms with E-state index in [1.54, 1.807) is 12.1 Å². The standard InChI is InChI=1S/C46H29N3O2S/c50-52(51)41-25-13-11-23-38(41)46(39-24-12-14-26-42(39)52)37-22-10-9-21-35(37)33-19-7-8-20-34(33)36-28-27-32(29-40(36)46)45-48-43(30-15-3-1-4-16-30)47-44(49-45)31-17-5-2-6-18-31/h1-29H. The largest absolute Gasteiger partial charge is 0.218 e. The molecule has 7 aromatic carbocycles. The Morgan fingerprint density at radius 3 is 1.29 bits per heavy atom. The van der Waals surface area contributed by atoms with E-state index in [1.807, 2.05) is 97.1 Å². The van der Waals surface area contributed by atoms with Crippen LogP contribution in [0.2, 0.25) is 0 Å². The van der Waals surface area contributed by atoms with Gasteiger partial charge in [0.15, 0.2) is 17.5 Å². The van der Waals surface area contributed by atoms with Crippen LogP contribution in [0.25, 0.3) is 56.4 Å². The van der Waals surface area contributed by atoms with Crippen molar-refractivity contribution in [1.82, 2.24) is 15.0 Å². The first-order valence-electron chi connectivity index (χ1n) is 17.2. The molecule has 2 heterocycles. The molecule has 1 aliphatic carbocycles. The third-order valence-corrected chi connectivity index (χ3v) is 12.3. The molecule has 0 saturated carbocycles. The van der Waals surface area contributed by atoms with E-state index >= 15 is 0 Å². The number of nitrogens with zero attached hydrogens (tertiary/aromatic N) is 3. The summed E-state index contributed by atoms with van der Waals surface area (Å²) in [5.41, 5.74) is 9.21. The van der Waals surface area contributed by atoms with Crippen LogP contribution < -0.4 is 0 Å². The molecule has 0 amide bonds. The van der Waals surface area contributed by atoms with Crippen molar-refractivity contribution in [3.05, 3.63) is 198 Å². The van der Waals surface area contributed by atoms with E-state index in [4.69, 9.17) is 15.0 Å². The Kier molecular flexibility index (Phi) is 6.72. The fourth-order valence-electron chi connectivity index (χ4n) is 8.17. The van der Waals surface area contributed by atoms with Gasteiger partial charge in [-0.25, -0.2) is 23.4 Å². The van der Waals surface area contributed by atoms with Gasteiger partial charge in [-0.05, 0) is 62.7 Å². The highest BCUT2D eigenvalue weighted by atomic mass is 32.2. The lowest BCUT2D eigenvalue weighted by Gasteiger charge is -2.42. The minimum atomic E-state index is -3.83. The molecule has 1 spiro atoms. The van der Waals surface area contributed by atoms with Crippen molar-refractivity contribution in [2.45, 2.75) is 15.2 Å². The van der Waals surface area contributed by atoms with Gasteiger partial charge in [0, 0.05) is 16.7 Å². The molecular weight excluding hydrogens is 659 g/mol. The van der Waals surface area contributed by atoms with Crippen molar-refractivity contribution in [2.75, 3.05) is 0 Å². The van der Waals surface area contributed by atoms with E-state index in [0.29, 0.717) is 27.3 Å². The first kappa shape index (κ1) is 30.3. The summed E-state index contributed by atoms with van der Waals surface area (Å²) < 4.78 is 28.9. The van der Waals surface area contributed by atoms with E-state index in [9.17, 15) is 8.42 Å². The second kappa shape index (κ2) is 11.5. The molecule has 5 nitrogen and oxygen atoms in total. The molecule has 246 valence electrons. The van der Waals surface area contributed by atoms with Crippen LogP contribution in [0.1, 0.15) is 22.3 Å². The molecule has 0 bridgehead atoms. The quantitative estimate of drug-likeness (QED) is 0.185. The fraction of sp³-hybridized carbons (Fsp3) is 0.0217. The lowest BCUT2D eigenvalue weighted by atomic mass is 9.63. The summed E-state index contributed by atoms with van der Waals surface area (Å²) in [6.45, 7) is 0. The van der Waals surface area contributed by atoms with Crippen molar-refractivity contribution >= 4 is 9.84 Å². The van der Waals surface area contributed by atoms with Gasteiger partial charge in [-0.2, -0.15) is 0 Å². The van der Waals surface area contributed by atoms with E-state index in [0.717, 1.165) is 61.2 Å². The number of fused-ring (bicyclic) bond motifs is 11. The van der Waals surface area contributed by atoms with E-state index < -0.39 is 15.3 Å². The summed E-state index contributed by atoms with van der Waals surface area (Å²) in [4.78, 5) is 15.7. The molecule has 1 aliphatic heterocycles. The minimum absolute atomic E-state index is 0.309. The zero-order valence-corrected chi connectivity index (χ0v) is 28.6. The molecule has 0 radical (unpaired) electrons. The SMILES string of the molecule is O=S1(=O)c2ccccc2C2(c3ccccc3-c3ccccc3-c3ccc(-c4nc(-c5ccccc5)nc(-c5ccccc5)n4)cc32)c2ccccc21. The normalized spacial score (nSPS) is 14.2. The maximum absolute atomic E-state index is 14.5. The van der Waals surface area contributed by atoms with Crippen LogP contribution in [-0.4, -0.2) is 23.4 Å². The van der Waals surface area contributed by atoms with Crippen LogP contribution in [0.4, 0.5) is 0 Å². The number of benzene rings is 7. The Bertz CT molecular complexity index is 2710. The third kappa shape index (κ3) is 4.34. The van der Waals surface area contributed by atoms with Crippen LogP contribution in [0, 0.1) is 0 Å². The number of sulfone groups is 1. The van der Waals surface area contributed by atoms with Gasteiger partial charge >= 0.3 is 0 Å². The van der Waals surface area contributed by atoms with Crippen molar-refractivity contribution in [1.29, 1.82) is 0 Å². The van der Waals surface area contributed by atoms with Gasteiger partial charge in [0.25, 0.3) is 0 Å². The maximum atomic E-state index is 14.5. The van der Waals surface area contributed by atoms with Crippen LogP contribution in [0.3, 0.4) is 0 Å². The van der Waals surface area contributed by atoms with Crippen LogP contribution in [0.15, 0.2) is 186 Å². The Balaban J connectivity index is 1.35. The van der Waals surface area contributed by atoms with Gasteiger partial charge in [0.1, 0.15) is 0 Å². The summed E-state index contributed by atoms with van der Waals surface area (Å²) in [6.07, 6.45) is 0. The van der Waals surface area contributed by atoms with Gasteiger partial charge in [0.2, 0.25) is 9.84 Å². The molecule has 0 unspecified atom stereocenters.